The summed E-state index contributed by atoms with van der Waals surface area (Å²) in [5.41, 5.74) is 11.0. The number of anilines is 1. The van der Waals surface area contributed by atoms with Gasteiger partial charge in [-0.1, -0.05) is 24.3 Å². The number of benzene rings is 1. The molecule has 0 radical (unpaired) electrons. The molecule has 1 fully saturated rings. The van der Waals surface area contributed by atoms with E-state index in [1.807, 2.05) is 30.5 Å². The van der Waals surface area contributed by atoms with Crippen molar-refractivity contribution in [2.45, 2.75) is 51.4 Å². The Labute approximate surface area is 188 Å². The Morgan fingerprint density at radius 1 is 1.19 bits per heavy atom. The number of aromatic nitrogens is 3. The summed E-state index contributed by atoms with van der Waals surface area (Å²) in [6.07, 6.45) is -0.146. The smallest absolute Gasteiger partial charge is 0.251 e. The van der Waals surface area contributed by atoms with Crippen LogP contribution in [0, 0.1) is 0 Å². The molecule has 3 aromatic heterocycles. The molecule has 3 N–H and O–H groups in total. The van der Waals surface area contributed by atoms with Crippen molar-refractivity contribution >= 4 is 38.4 Å². The molecule has 1 saturated carbocycles. The number of nitrogens with one attached hydrogen (secondary N) is 1. The van der Waals surface area contributed by atoms with Crippen LogP contribution in [0.4, 0.5) is 14.6 Å². The van der Waals surface area contributed by atoms with Crippen molar-refractivity contribution in [3.63, 3.8) is 0 Å². The van der Waals surface area contributed by atoms with Crippen molar-refractivity contribution in [2.24, 2.45) is 0 Å². The summed E-state index contributed by atoms with van der Waals surface area (Å²) in [6.45, 7) is 4.16. The monoisotopic (exact) mass is 457 g/mol. The number of halogens is 2. The van der Waals surface area contributed by atoms with E-state index >= 15 is 0 Å². The quantitative estimate of drug-likeness (QED) is 0.401. The summed E-state index contributed by atoms with van der Waals surface area (Å²) in [5, 5.41) is 5.21. The van der Waals surface area contributed by atoms with Crippen LogP contribution >= 0.6 is 11.3 Å². The fourth-order valence-electron chi connectivity index (χ4n) is 4.15. The van der Waals surface area contributed by atoms with Crippen molar-refractivity contribution in [1.29, 1.82) is 0 Å². The van der Waals surface area contributed by atoms with Crippen molar-refractivity contribution in [2.75, 3.05) is 12.3 Å². The van der Waals surface area contributed by atoms with Crippen molar-refractivity contribution in [1.82, 2.24) is 19.9 Å². The minimum absolute atomic E-state index is 0.0728. The predicted molar refractivity (Wildman–Crippen MR) is 123 cm³/mol. The minimum atomic E-state index is -2.50. The molecular formula is C23H25F2N5OS. The zero-order chi connectivity index (χ0) is 22.3. The van der Waals surface area contributed by atoms with Crippen molar-refractivity contribution < 1.29 is 13.5 Å². The van der Waals surface area contributed by atoms with E-state index in [-0.39, 0.29) is 18.9 Å². The number of hydrogen-bond acceptors (Lipinski definition) is 6. The summed E-state index contributed by atoms with van der Waals surface area (Å²) < 4.78 is 34.9. The van der Waals surface area contributed by atoms with Crippen LogP contribution in [0.3, 0.4) is 0 Å². The van der Waals surface area contributed by atoms with Crippen LogP contribution in [-0.2, 0) is 24.4 Å². The third kappa shape index (κ3) is 4.07. The highest BCUT2D eigenvalue weighted by Gasteiger charge is 2.44. The molecular weight excluding hydrogens is 432 g/mol. The normalized spacial score (nSPS) is 16.1. The van der Waals surface area contributed by atoms with Gasteiger partial charge in [-0.15, -0.1) is 11.3 Å². The molecule has 0 saturated heterocycles. The van der Waals surface area contributed by atoms with Gasteiger partial charge in [-0.3, -0.25) is 0 Å². The maximum Gasteiger partial charge on any atom is 0.251 e. The van der Waals surface area contributed by atoms with E-state index in [9.17, 15) is 8.78 Å². The molecule has 3 heterocycles. The lowest BCUT2D eigenvalue weighted by molar-refractivity contribution is -0.0930. The zero-order valence-electron chi connectivity index (χ0n) is 17.8. The van der Waals surface area contributed by atoms with Crippen LogP contribution in [0.15, 0.2) is 35.7 Å². The van der Waals surface area contributed by atoms with Gasteiger partial charge >= 0.3 is 0 Å². The Morgan fingerprint density at radius 2 is 1.94 bits per heavy atom. The van der Waals surface area contributed by atoms with E-state index in [0.717, 1.165) is 32.7 Å². The Balaban J connectivity index is 1.40. The van der Waals surface area contributed by atoms with Gasteiger partial charge in [0.25, 0.3) is 5.92 Å². The Bertz CT molecular complexity index is 1240. The van der Waals surface area contributed by atoms with Crippen LogP contribution in [0.5, 0.6) is 0 Å². The number of thiophene rings is 1. The zero-order valence-corrected chi connectivity index (χ0v) is 18.6. The molecule has 168 valence electrons. The third-order valence-corrected chi connectivity index (χ3v) is 6.78. The first-order valence-electron chi connectivity index (χ1n) is 10.7. The molecule has 0 spiro atoms. The second-order valence-electron chi connectivity index (χ2n) is 8.24. The van der Waals surface area contributed by atoms with Crippen LogP contribution in [0.1, 0.15) is 36.7 Å². The highest BCUT2D eigenvalue weighted by molar-refractivity contribution is 7.18. The number of nitrogen functional groups attached to an aromatic ring is 1. The molecule has 9 heteroatoms. The molecule has 1 aromatic carbocycles. The van der Waals surface area contributed by atoms with Gasteiger partial charge < -0.3 is 20.4 Å². The predicted octanol–water partition coefficient (Wildman–Crippen LogP) is 4.70. The fourth-order valence-corrected chi connectivity index (χ4v) is 5.03. The lowest BCUT2D eigenvalue weighted by Crippen LogP contribution is -2.48. The minimum Gasteiger partial charge on any atom is -0.382 e. The summed E-state index contributed by atoms with van der Waals surface area (Å²) in [6, 6.07) is 10.1. The van der Waals surface area contributed by atoms with E-state index in [1.54, 1.807) is 11.3 Å². The number of nitrogens with zero attached hydrogens (tertiary/aromatic N) is 3. The first kappa shape index (κ1) is 21.2. The van der Waals surface area contributed by atoms with Crippen LogP contribution in [-0.4, -0.2) is 33.1 Å². The Kier molecular flexibility index (Phi) is 5.56. The van der Waals surface area contributed by atoms with E-state index in [1.165, 1.54) is 0 Å². The largest absolute Gasteiger partial charge is 0.382 e. The van der Waals surface area contributed by atoms with E-state index in [2.05, 4.69) is 27.0 Å². The number of rotatable bonds is 8. The van der Waals surface area contributed by atoms with Gasteiger partial charge in [0, 0.05) is 38.6 Å². The first-order valence-corrected chi connectivity index (χ1v) is 11.6. The maximum atomic E-state index is 13.0. The van der Waals surface area contributed by atoms with Crippen molar-refractivity contribution in [3.05, 3.63) is 52.7 Å². The van der Waals surface area contributed by atoms with Gasteiger partial charge in [-0.25, -0.2) is 18.7 Å². The summed E-state index contributed by atoms with van der Waals surface area (Å²) in [4.78, 5) is 9.25. The van der Waals surface area contributed by atoms with Crippen molar-refractivity contribution in [3.8, 4) is 0 Å². The highest BCUT2D eigenvalue weighted by Crippen LogP contribution is 2.37. The lowest BCUT2D eigenvalue weighted by atomic mass is 9.88. The molecule has 5 rings (SSSR count). The van der Waals surface area contributed by atoms with Crippen LogP contribution in [0.25, 0.3) is 21.3 Å². The molecule has 1 aliphatic carbocycles. The second-order valence-corrected chi connectivity index (χ2v) is 9.16. The van der Waals surface area contributed by atoms with E-state index in [0.29, 0.717) is 37.6 Å². The molecule has 0 unspecified atom stereocenters. The van der Waals surface area contributed by atoms with Gasteiger partial charge in [0.05, 0.1) is 15.7 Å². The molecule has 0 amide bonds. The number of imidazole rings is 1. The molecule has 0 atom stereocenters. The van der Waals surface area contributed by atoms with Gasteiger partial charge in [-0.05, 0) is 29.5 Å². The van der Waals surface area contributed by atoms with Gasteiger partial charge in [-0.2, -0.15) is 0 Å². The fraction of sp³-hybridized carbons (Fsp3) is 0.391. The Morgan fingerprint density at radius 3 is 2.66 bits per heavy atom. The van der Waals surface area contributed by atoms with E-state index in [4.69, 9.17) is 15.5 Å². The topological polar surface area (TPSA) is 78.0 Å². The molecule has 1 aliphatic rings. The third-order valence-electron chi connectivity index (χ3n) is 5.87. The highest BCUT2D eigenvalue weighted by atomic mass is 32.1. The Hall–Kier alpha value is -2.62. The molecule has 6 nitrogen and oxygen atoms in total. The number of hydrogen-bond donors (Lipinski definition) is 2. The second kappa shape index (κ2) is 8.38. The number of ether oxygens (including phenoxy) is 1. The average molecular weight is 458 g/mol. The number of fused-ring (bicyclic) bond motifs is 3. The summed E-state index contributed by atoms with van der Waals surface area (Å²) in [5.74, 6) is -1.26. The maximum absolute atomic E-state index is 13.0. The van der Waals surface area contributed by atoms with E-state index < -0.39 is 5.92 Å². The van der Waals surface area contributed by atoms with Gasteiger partial charge in [0.2, 0.25) is 0 Å². The number of nitrogens with two attached hydrogens (primary N) is 1. The summed E-state index contributed by atoms with van der Waals surface area (Å²) in [7, 11) is 0. The number of alkyl halides is 2. The van der Waals surface area contributed by atoms with Crippen LogP contribution < -0.4 is 11.1 Å². The molecule has 4 aromatic rings. The lowest BCUT2D eigenvalue weighted by Gasteiger charge is -2.35. The summed E-state index contributed by atoms with van der Waals surface area (Å²) >= 11 is 1.63. The average Bonchev–Trinajstić information content (AvgIpc) is 3.35. The SMILES string of the molecule is CCOCc1nc2c(N)nc3ccsc3c2n1Cc1ccc(CNC2CC(F)(F)C2)cc1. The molecule has 32 heavy (non-hydrogen) atoms. The molecule has 0 aliphatic heterocycles. The van der Waals surface area contributed by atoms with Gasteiger partial charge in [0.15, 0.2) is 5.82 Å². The standard InChI is InChI=1S/C23H25F2N5OS/c1-2-31-13-18-29-19-20(21-17(7-8-32-21)28-22(19)26)30(18)12-15-5-3-14(4-6-15)11-27-16-9-23(24,25)10-16/h3-8,16,27H,2,9-13H2,1H3,(H2,26,28). The van der Waals surface area contributed by atoms with Crippen LogP contribution in [0.2, 0.25) is 0 Å². The number of pyridine rings is 1. The molecule has 0 bridgehead atoms. The first-order chi connectivity index (χ1) is 15.4. The van der Waals surface area contributed by atoms with Gasteiger partial charge in [0.1, 0.15) is 17.9 Å².